The Labute approximate surface area is 148 Å². The smallest absolute Gasteiger partial charge is 0.305 e. The van der Waals surface area contributed by atoms with Crippen molar-refractivity contribution in [1.82, 2.24) is 10.2 Å². The first kappa shape index (κ1) is 19.4. The van der Waals surface area contributed by atoms with Gasteiger partial charge in [0.1, 0.15) is 5.82 Å². The number of halogens is 1. The van der Waals surface area contributed by atoms with Crippen molar-refractivity contribution >= 4 is 11.9 Å². The molecule has 2 rings (SSSR count). The predicted molar refractivity (Wildman–Crippen MR) is 93.5 cm³/mol. The molecule has 5 nitrogen and oxygen atoms in total. The number of piperidine rings is 1. The van der Waals surface area contributed by atoms with Crippen LogP contribution in [0.2, 0.25) is 0 Å². The Kier molecular flexibility index (Phi) is 7.85. The van der Waals surface area contributed by atoms with E-state index in [9.17, 15) is 14.0 Å². The van der Waals surface area contributed by atoms with Gasteiger partial charge >= 0.3 is 5.97 Å². The molecule has 6 heteroatoms. The first-order valence-electron chi connectivity index (χ1n) is 8.87. The highest BCUT2D eigenvalue weighted by molar-refractivity contribution is 5.78. The van der Waals surface area contributed by atoms with Crippen LogP contribution in [0.15, 0.2) is 24.3 Å². The van der Waals surface area contributed by atoms with Gasteiger partial charge in [-0.25, -0.2) is 4.39 Å². The van der Waals surface area contributed by atoms with Crippen LogP contribution in [0.25, 0.3) is 0 Å². The van der Waals surface area contributed by atoms with E-state index >= 15 is 0 Å². The van der Waals surface area contributed by atoms with Gasteiger partial charge in [-0.3, -0.25) is 14.5 Å². The average Bonchev–Trinajstić information content (AvgIpc) is 2.60. The summed E-state index contributed by atoms with van der Waals surface area (Å²) in [6, 6.07) is 6.80. The van der Waals surface area contributed by atoms with E-state index in [0.717, 1.165) is 37.9 Å². The lowest BCUT2D eigenvalue weighted by molar-refractivity contribution is -0.140. The summed E-state index contributed by atoms with van der Waals surface area (Å²) in [6.07, 6.45) is 3.85. The number of amides is 1. The monoisotopic (exact) mass is 350 g/mol. The molecular formula is C19H27FN2O3. The summed E-state index contributed by atoms with van der Waals surface area (Å²) in [6.45, 7) is 2.65. The van der Waals surface area contributed by atoms with E-state index in [1.807, 2.05) is 6.07 Å². The van der Waals surface area contributed by atoms with Gasteiger partial charge in [-0.15, -0.1) is 0 Å². The summed E-state index contributed by atoms with van der Waals surface area (Å²) in [5, 5.41) is 2.84. The zero-order valence-corrected chi connectivity index (χ0v) is 14.8. The topological polar surface area (TPSA) is 58.6 Å². The molecule has 1 N–H and O–H groups in total. The molecule has 1 aliphatic rings. The minimum Gasteiger partial charge on any atom is -0.469 e. The molecule has 1 aliphatic heterocycles. The van der Waals surface area contributed by atoms with Crippen molar-refractivity contribution in [3.8, 4) is 0 Å². The Morgan fingerprint density at radius 3 is 2.76 bits per heavy atom. The number of ether oxygens (including phenoxy) is 1. The molecule has 0 aromatic heterocycles. The Bertz CT molecular complexity index is 572. The number of carbonyl (C=O) groups excluding carboxylic acids is 2. The first-order valence-corrected chi connectivity index (χ1v) is 8.87. The van der Waals surface area contributed by atoms with Crippen LogP contribution in [0.4, 0.5) is 4.39 Å². The van der Waals surface area contributed by atoms with Crippen LogP contribution in [-0.2, 0) is 20.7 Å². The van der Waals surface area contributed by atoms with Crippen LogP contribution in [0.3, 0.4) is 0 Å². The highest BCUT2D eigenvalue weighted by Crippen LogP contribution is 2.21. The fraction of sp³-hybridized carbons (Fsp3) is 0.579. The summed E-state index contributed by atoms with van der Waals surface area (Å²) in [4.78, 5) is 25.1. The minimum absolute atomic E-state index is 0.00607. The number of hydrogen-bond donors (Lipinski definition) is 1. The zero-order chi connectivity index (χ0) is 18.1. The highest BCUT2D eigenvalue weighted by atomic mass is 19.1. The number of benzene rings is 1. The maximum atomic E-state index is 13.2. The lowest BCUT2D eigenvalue weighted by atomic mass is 9.90. The number of carbonyl (C=O) groups is 2. The number of nitrogens with zero attached hydrogens (tertiary/aromatic N) is 1. The maximum absolute atomic E-state index is 13.2. The van der Waals surface area contributed by atoms with Gasteiger partial charge in [0, 0.05) is 13.0 Å². The molecule has 0 radical (unpaired) electrons. The Balaban J connectivity index is 1.61. The Hall–Kier alpha value is -1.95. The highest BCUT2D eigenvalue weighted by Gasteiger charge is 2.21. The summed E-state index contributed by atoms with van der Waals surface area (Å²) < 4.78 is 17.8. The molecule has 1 aromatic carbocycles. The quantitative estimate of drug-likeness (QED) is 0.577. The molecule has 1 fully saturated rings. The molecule has 1 heterocycles. The fourth-order valence-electron chi connectivity index (χ4n) is 3.17. The van der Waals surface area contributed by atoms with E-state index in [4.69, 9.17) is 0 Å². The SMILES string of the molecule is COC(=O)CCCNC(=O)CN1CCC(Cc2cccc(F)c2)CC1. The van der Waals surface area contributed by atoms with Crippen molar-refractivity contribution in [3.05, 3.63) is 35.6 Å². The number of methoxy groups -OCH3 is 1. The molecule has 1 aromatic rings. The van der Waals surface area contributed by atoms with Crippen LogP contribution in [-0.4, -0.2) is 50.1 Å². The number of rotatable bonds is 8. The Morgan fingerprint density at radius 2 is 2.08 bits per heavy atom. The predicted octanol–water partition coefficient (Wildman–Crippen LogP) is 2.15. The molecule has 0 saturated carbocycles. The number of hydrogen-bond acceptors (Lipinski definition) is 4. The molecule has 138 valence electrons. The summed E-state index contributed by atoms with van der Waals surface area (Å²) in [5.74, 6) is 0.100. The summed E-state index contributed by atoms with van der Waals surface area (Å²) in [5.41, 5.74) is 1.04. The van der Waals surface area contributed by atoms with E-state index < -0.39 is 0 Å². The van der Waals surface area contributed by atoms with Crippen molar-refractivity contribution in [2.45, 2.75) is 32.1 Å². The third-order valence-electron chi connectivity index (χ3n) is 4.60. The molecule has 0 atom stereocenters. The molecule has 25 heavy (non-hydrogen) atoms. The molecule has 0 aliphatic carbocycles. The van der Waals surface area contributed by atoms with E-state index in [-0.39, 0.29) is 17.7 Å². The molecule has 1 amide bonds. The van der Waals surface area contributed by atoms with Crippen LogP contribution >= 0.6 is 0 Å². The van der Waals surface area contributed by atoms with Gasteiger partial charge in [-0.05, 0) is 62.4 Å². The largest absolute Gasteiger partial charge is 0.469 e. The van der Waals surface area contributed by atoms with Crippen LogP contribution in [0, 0.1) is 11.7 Å². The van der Waals surface area contributed by atoms with Crippen LogP contribution in [0.1, 0.15) is 31.2 Å². The van der Waals surface area contributed by atoms with Crippen molar-refractivity contribution in [2.24, 2.45) is 5.92 Å². The van der Waals surface area contributed by atoms with Crippen molar-refractivity contribution in [2.75, 3.05) is 33.3 Å². The van der Waals surface area contributed by atoms with E-state index in [1.165, 1.54) is 13.2 Å². The van der Waals surface area contributed by atoms with E-state index in [2.05, 4.69) is 15.0 Å². The fourth-order valence-corrected chi connectivity index (χ4v) is 3.17. The van der Waals surface area contributed by atoms with Gasteiger partial charge in [0.05, 0.1) is 13.7 Å². The standard InChI is InChI=1S/C19H27FN2O3/c1-25-19(24)6-3-9-21-18(23)14-22-10-7-15(8-11-22)12-16-4-2-5-17(20)13-16/h2,4-5,13,15H,3,6-12,14H2,1H3,(H,21,23). The second-order valence-corrected chi connectivity index (χ2v) is 6.58. The second kappa shape index (κ2) is 10.1. The minimum atomic E-state index is -0.255. The van der Waals surface area contributed by atoms with E-state index in [0.29, 0.717) is 31.8 Å². The van der Waals surface area contributed by atoms with Gasteiger partial charge in [0.2, 0.25) is 5.91 Å². The lowest BCUT2D eigenvalue weighted by Crippen LogP contribution is -2.42. The lowest BCUT2D eigenvalue weighted by Gasteiger charge is -2.31. The number of esters is 1. The molecular weight excluding hydrogens is 323 g/mol. The van der Waals surface area contributed by atoms with Crippen LogP contribution in [0.5, 0.6) is 0 Å². The van der Waals surface area contributed by atoms with Gasteiger partial charge in [0.25, 0.3) is 0 Å². The molecule has 0 bridgehead atoms. The normalized spacial score (nSPS) is 15.8. The molecule has 1 saturated heterocycles. The van der Waals surface area contributed by atoms with Crippen molar-refractivity contribution < 1.29 is 18.7 Å². The van der Waals surface area contributed by atoms with Gasteiger partial charge in [-0.2, -0.15) is 0 Å². The van der Waals surface area contributed by atoms with Gasteiger partial charge in [-0.1, -0.05) is 12.1 Å². The third kappa shape index (κ3) is 7.22. The number of likely N-dealkylation sites (tertiary alicyclic amines) is 1. The third-order valence-corrected chi connectivity index (χ3v) is 4.60. The Morgan fingerprint density at radius 1 is 1.32 bits per heavy atom. The number of nitrogens with one attached hydrogen (secondary N) is 1. The van der Waals surface area contributed by atoms with Gasteiger partial charge < -0.3 is 10.1 Å². The first-order chi connectivity index (χ1) is 12.1. The summed E-state index contributed by atoms with van der Waals surface area (Å²) >= 11 is 0. The maximum Gasteiger partial charge on any atom is 0.305 e. The van der Waals surface area contributed by atoms with Crippen molar-refractivity contribution in [1.29, 1.82) is 0 Å². The molecule has 0 spiro atoms. The van der Waals surface area contributed by atoms with E-state index in [1.54, 1.807) is 12.1 Å². The molecule has 0 unspecified atom stereocenters. The second-order valence-electron chi connectivity index (χ2n) is 6.58. The zero-order valence-electron chi connectivity index (χ0n) is 14.8. The van der Waals surface area contributed by atoms with Crippen LogP contribution < -0.4 is 5.32 Å². The van der Waals surface area contributed by atoms with Gasteiger partial charge in [0.15, 0.2) is 0 Å². The summed E-state index contributed by atoms with van der Waals surface area (Å²) in [7, 11) is 1.36. The van der Waals surface area contributed by atoms with Crippen molar-refractivity contribution in [3.63, 3.8) is 0 Å². The average molecular weight is 350 g/mol.